The van der Waals surface area contributed by atoms with Crippen LogP contribution in [0.25, 0.3) is 16.6 Å². The Labute approximate surface area is 113 Å². The molecule has 1 aliphatic rings. The summed E-state index contributed by atoms with van der Waals surface area (Å²) < 4.78 is 2.44. The molecule has 0 saturated heterocycles. The number of para-hydroxylation sites is 1. The lowest BCUT2D eigenvalue weighted by molar-refractivity contribution is 0.949. The van der Waals surface area contributed by atoms with E-state index in [1.807, 2.05) is 0 Å². The van der Waals surface area contributed by atoms with Crippen molar-refractivity contribution in [2.24, 2.45) is 0 Å². The summed E-state index contributed by atoms with van der Waals surface area (Å²) in [5.74, 6) is 0.758. The topological polar surface area (TPSA) is 4.93 Å². The van der Waals surface area contributed by atoms with Crippen LogP contribution in [0.3, 0.4) is 0 Å². The van der Waals surface area contributed by atoms with Crippen molar-refractivity contribution in [3.63, 3.8) is 0 Å². The summed E-state index contributed by atoms with van der Waals surface area (Å²) in [5.41, 5.74) is 5.40. The lowest BCUT2D eigenvalue weighted by Gasteiger charge is -2.10. The Balaban J connectivity index is 2.00. The Morgan fingerprint density at radius 1 is 0.947 bits per heavy atom. The summed E-state index contributed by atoms with van der Waals surface area (Å²) >= 11 is 0. The summed E-state index contributed by atoms with van der Waals surface area (Å²) in [7, 11) is 0. The molecule has 0 N–H and O–H groups in total. The maximum Gasteiger partial charge on any atom is 0.0531 e. The van der Waals surface area contributed by atoms with E-state index in [1.165, 1.54) is 40.7 Å². The lowest BCUT2D eigenvalue weighted by Crippen LogP contribution is -1.98. The zero-order chi connectivity index (χ0) is 12.8. The van der Waals surface area contributed by atoms with Crippen molar-refractivity contribution in [1.29, 1.82) is 0 Å². The number of nitrogens with zero attached hydrogens (tertiary/aromatic N) is 1. The summed E-state index contributed by atoms with van der Waals surface area (Å²) in [5, 5.41) is 1.35. The lowest BCUT2D eigenvalue weighted by atomic mass is 10.2. The van der Waals surface area contributed by atoms with Crippen LogP contribution in [0.1, 0.15) is 30.0 Å². The normalized spacial score (nSPS) is 15.0. The third-order valence-corrected chi connectivity index (χ3v) is 4.03. The predicted molar refractivity (Wildman–Crippen MR) is 80.0 cm³/mol. The van der Waals surface area contributed by atoms with E-state index in [9.17, 15) is 0 Å². The van der Waals surface area contributed by atoms with Crippen molar-refractivity contribution >= 4 is 10.9 Å². The fourth-order valence-corrected chi connectivity index (χ4v) is 2.84. The first-order valence-corrected chi connectivity index (χ1v) is 7.00. The molecule has 0 spiro atoms. The molecule has 0 bridgehead atoms. The Morgan fingerprint density at radius 3 is 2.42 bits per heavy atom. The Hall–Kier alpha value is -2.02. The third kappa shape index (κ3) is 1.77. The molecule has 2 aromatic carbocycles. The van der Waals surface area contributed by atoms with Crippen molar-refractivity contribution in [1.82, 2.24) is 4.57 Å². The molecule has 0 amide bonds. The molecule has 3 aromatic rings. The minimum absolute atomic E-state index is 0.758. The number of benzene rings is 2. The van der Waals surface area contributed by atoms with E-state index < -0.39 is 0 Å². The zero-order valence-corrected chi connectivity index (χ0v) is 11.1. The van der Waals surface area contributed by atoms with E-state index in [0.717, 1.165) is 5.92 Å². The molecule has 0 atom stereocenters. The van der Waals surface area contributed by atoms with Crippen molar-refractivity contribution in [2.75, 3.05) is 0 Å². The van der Waals surface area contributed by atoms with Gasteiger partial charge in [0.05, 0.1) is 5.52 Å². The molecule has 1 fully saturated rings. The van der Waals surface area contributed by atoms with Gasteiger partial charge in [-0.2, -0.15) is 0 Å². The van der Waals surface area contributed by atoms with Crippen LogP contribution >= 0.6 is 0 Å². The molecule has 0 unspecified atom stereocenters. The van der Waals surface area contributed by atoms with Crippen molar-refractivity contribution in [3.05, 3.63) is 65.9 Å². The number of aromatic nitrogens is 1. The van der Waals surface area contributed by atoms with E-state index >= 15 is 0 Å². The molecule has 4 rings (SSSR count). The van der Waals surface area contributed by atoms with Gasteiger partial charge in [-0.15, -0.1) is 0 Å². The van der Waals surface area contributed by atoms with Gasteiger partial charge in [-0.25, -0.2) is 0 Å². The molecule has 1 heterocycles. The van der Waals surface area contributed by atoms with Crippen LogP contribution in [0.15, 0.2) is 54.6 Å². The van der Waals surface area contributed by atoms with Gasteiger partial charge in [0.25, 0.3) is 0 Å². The van der Waals surface area contributed by atoms with Gasteiger partial charge in [0.2, 0.25) is 0 Å². The van der Waals surface area contributed by atoms with Crippen molar-refractivity contribution < 1.29 is 0 Å². The van der Waals surface area contributed by atoms with Gasteiger partial charge in [-0.05, 0) is 49.9 Å². The van der Waals surface area contributed by atoms with Gasteiger partial charge >= 0.3 is 0 Å². The zero-order valence-electron chi connectivity index (χ0n) is 11.1. The smallest absolute Gasteiger partial charge is 0.0531 e. The number of hydrogen-bond acceptors (Lipinski definition) is 0. The summed E-state index contributed by atoms with van der Waals surface area (Å²) in [4.78, 5) is 0. The van der Waals surface area contributed by atoms with Crippen molar-refractivity contribution in [3.8, 4) is 5.69 Å². The molecule has 1 saturated carbocycles. The highest BCUT2D eigenvalue weighted by atomic mass is 15.0. The molecule has 1 heteroatoms. The fraction of sp³-hybridized carbons (Fsp3) is 0.222. The number of rotatable bonds is 2. The fourth-order valence-electron chi connectivity index (χ4n) is 2.84. The van der Waals surface area contributed by atoms with E-state index in [0.29, 0.717) is 0 Å². The third-order valence-electron chi connectivity index (χ3n) is 4.03. The highest BCUT2D eigenvalue weighted by Crippen LogP contribution is 2.43. The number of fused-ring (bicyclic) bond motifs is 1. The Morgan fingerprint density at radius 2 is 1.68 bits per heavy atom. The monoisotopic (exact) mass is 247 g/mol. The molecule has 94 valence electrons. The molecule has 1 nitrogen and oxygen atoms in total. The molecular weight excluding hydrogens is 230 g/mol. The van der Waals surface area contributed by atoms with Gasteiger partial charge in [0, 0.05) is 16.8 Å². The van der Waals surface area contributed by atoms with Crippen LogP contribution in [0.4, 0.5) is 0 Å². The van der Waals surface area contributed by atoms with E-state index in [-0.39, 0.29) is 0 Å². The second-order valence-corrected chi connectivity index (χ2v) is 5.57. The quantitative estimate of drug-likeness (QED) is 0.612. The van der Waals surface area contributed by atoms with Gasteiger partial charge in [0.15, 0.2) is 0 Å². The van der Waals surface area contributed by atoms with Crippen LogP contribution in [-0.2, 0) is 0 Å². The second kappa shape index (κ2) is 3.99. The summed E-state index contributed by atoms with van der Waals surface area (Å²) in [6, 6.07) is 19.9. The number of aryl methyl sites for hydroxylation is 1. The summed E-state index contributed by atoms with van der Waals surface area (Å²) in [6.07, 6.45) is 2.67. The maximum atomic E-state index is 2.44. The van der Waals surface area contributed by atoms with Crippen LogP contribution in [0.5, 0.6) is 0 Å². The van der Waals surface area contributed by atoms with Crippen molar-refractivity contribution in [2.45, 2.75) is 25.7 Å². The minimum Gasteiger partial charge on any atom is -0.313 e. The van der Waals surface area contributed by atoms with Crippen LogP contribution in [0.2, 0.25) is 0 Å². The minimum atomic E-state index is 0.758. The average molecular weight is 247 g/mol. The van der Waals surface area contributed by atoms with Crippen LogP contribution in [-0.4, -0.2) is 4.57 Å². The van der Waals surface area contributed by atoms with Gasteiger partial charge in [0.1, 0.15) is 0 Å². The van der Waals surface area contributed by atoms with E-state index in [1.54, 1.807) is 0 Å². The van der Waals surface area contributed by atoms with Gasteiger partial charge < -0.3 is 4.57 Å². The molecule has 19 heavy (non-hydrogen) atoms. The highest BCUT2D eigenvalue weighted by Gasteiger charge is 2.28. The Bertz CT molecular complexity index is 730. The summed E-state index contributed by atoms with van der Waals surface area (Å²) in [6.45, 7) is 2.14. The first-order chi connectivity index (χ1) is 9.33. The van der Waals surface area contributed by atoms with E-state index in [4.69, 9.17) is 0 Å². The second-order valence-electron chi connectivity index (χ2n) is 5.57. The molecule has 1 aliphatic carbocycles. The Kier molecular flexibility index (Phi) is 2.28. The number of hydrogen-bond donors (Lipinski definition) is 0. The van der Waals surface area contributed by atoms with Crippen LogP contribution in [0, 0.1) is 6.92 Å². The SMILES string of the molecule is Cc1ccc(-n2c(C3CC3)cc3ccccc32)cc1. The first kappa shape index (κ1) is 10.9. The van der Waals surface area contributed by atoms with Gasteiger partial charge in [-0.1, -0.05) is 35.9 Å². The maximum absolute atomic E-state index is 2.44. The highest BCUT2D eigenvalue weighted by molar-refractivity contribution is 5.83. The molecule has 0 aliphatic heterocycles. The molecule has 0 radical (unpaired) electrons. The molecule has 1 aromatic heterocycles. The van der Waals surface area contributed by atoms with Crippen LogP contribution < -0.4 is 0 Å². The standard InChI is InChI=1S/C18H17N/c1-13-6-10-16(11-7-13)19-17-5-3-2-4-15(17)12-18(19)14-8-9-14/h2-7,10-12,14H,8-9H2,1H3. The predicted octanol–water partition coefficient (Wildman–Crippen LogP) is 4.82. The average Bonchev–Trinajstić information content (AvgIpc) is 3.21. The van der Waals surface area contributed by atoms with E-state index in [2.05, 4.69) is 66.1 Å². The molecular formula is C18H17N. The first-order valence-electron chi connectivity index (χ1n) is 7.00. The largest absolute Gasteiger partial charge is 0.313 e. The van der Waals surface area contributed by atoms with Gasteiger partial charge in [-0.3, -0.25) is 0 Å².